The Labute approximate surface area is 90.7 Å². The quantitative estimate of drug-likeness (QED) is 0.651. The van der Waals surface area contributed by atoms with Crippen LogP contribution in [0.3, 0.4) is 0 Å². The number of hydrogen-bond donors (Lipinski definition) is 0. The van der Waals surface area contributed by atoms with Gasteiger partial charge in [-0.1, -0.05) is 19.9 Å². The van der Waals surface area contributed by atoms with Gasteiger partial charge in [-0.25, -0.2) is 0 Å². The maximum Gasteiger partial charge on any atom is 0.137 e. The number of Topliss-reactive ketones (excluding diaryl/α,β-unsaturated/α-hetero) is 2. The fraction of sp³-hybridized carbons (Fsp3) is 0.692. The molecule has 0 bridgehead atoms. The summed E-state index contributed by atoms with van der Waals surface area (Å²) in [5, 5.41) is 0. The highest BCUT2D eigenvalue weighted by molar-refractivity contribution is 5.92. The molecule has 2 aliphatic carbocycles. The van der Waals surface area contributed by atoms with Gasteiger partial charge in [0.1, 0.15) is 11.6 Å². The fourth-order valence-corrected chi connectivity index (χ4v) is 3.55. The molecule has 0 aromatic carbocycles. The molecule has 2 saturated carbocycles. The molecule has 0 aromatic heterocycles. The molecule has 2 rings (SSSR count). The lowest BCUT2D eigenvalue weighted by atomic mass is 9.66. The van der Waals surface area contributed by atoms with E-state index in [0.29, 0.717) is 30.8 Å². The van der Waals surface area contributed by atoms with Gasteiger partial charge < -0.3 is 0 Å². The van der Waals surface area contributed by atoms with E-state index >= 15 is 0 Å². The Hall–Kier alpha value is -0.920. The first-order valence-electron chi connectivity index (χ1n) is 5.58. The summed E-state index contributed by atoms with van der Waals surface area (Å²) < 4.78 is 0. The molecule has 0 amide bonds. The zero-order valence-corrected chi connectivity index (χ0v) is 9.51. The van der Waals surface area contributed by atoms with Gasteiger partial charge in [-0.2, -0.15) is 0 Å². The highest BCUT2D eigenvalue weighted by Crippen LogP contribution is 2.63. The van der Waals surface area contributed by atoms with Crippen molar-refractivity contribution in [2.45, 2.75) is 39.5 Å². The molecule has 2 nitrogen and oxygen atoms in total. The fourth-order valence-electron chi connectivity index (χ4n) is 3.55. The van der Waals surface area contributed by atoms with E-state index in [0.717, 1.165) is 6.42 Å². The van der Waals surface area contributed by atoms with Crippen LogP contribution in [-0.2, 0) is 9.59 Å². The lowest BCUT2D eigenvalue weighted by Gasteiger charge is -2.36. The van der Waals surface area contributed by atoms with Gasteiger partial charge in [0.2, 0.25) is 0 Å². The molecule has 0 heterocycles. The number of fused-ring (bicyclic) bond motifs is 1. The molecule has 0 N–H and O–H groups in total. The van der Waals surface area contributed by atoms with Crippen molar-refractivity contribution in [1.29, 1.82) is 0 Å². The van der Waals surface area contributed by atoms with Crippen molar-refractivity contribution in [3.8, 4) is 0 Å². The minimum Gasteiger partial charge on any atom is -0.300 e. The van der Waals surface area contributed by atoms with Crippen molar-refractivity contribution in [2.75, 3.05) is 0 Å². The summed E-state index contributed by atoms with van der Waals surface area (Å²) in [6.45, 7) is 7.91. The molecule has 2 fully saturated rings. The molecule has 82 valence electrons. The van der Waals surface area contributed by atoms with E-state index in [-0.39, 0.29) is 16.7 Å². The van der Waals surface area contributed by atoms with E-state index < -0.39 is 0 Å². The molecule has 0 spiro atoms. The Morgan fingerprint density at radius 3 is 2.60 bits per heavy atom. The van der Waals surface area contributed by atoms with Gasteiger partial charge >= 0.3 is 0 Å². The van der Waals surface area contributed by atoms with E-state index in [1.54, 1.807) is 0 Å². The zero-order valence-electron chi connectivity index (χ0n) is 9.51. The topological polar surface area (TPSA) is 34.1 Å². The predicted molar refractivity (Wildman–Crippen MR) is 58.4 cm³/mol. The van der Waals surface area contributed by atoms with Crippen LogP contribution in [0, 0.1) is 16.7 Å². The Kier molecular flexibility index (Phi) is 2.14. The van der Waals surface area contributed by atoms with E-state index in [4.69, 9.17) is 0 Å². The third kappa shape index (κ3) is 1.23. The van der Waals surface area contributed by atoms with E-state index in [2.05, 4.69) is 20.4 Å². The van der Waals surface area contributed by atoms with Crippen molar-refractivity contribution in [1.82, 2.24) is 0 Å². The molecule has 0 radical (unpaired) electrons. The highest BCUT2D eigenvalue weighted by atomic mass is 16.1. The first kappa shape index (κ1) is 10.6. The number of hydrogen-bond acceptors (Lipinski definition) is 2. The zero-order chi connectivity index (χ0) is 11.3. The number of rotatable bonds is 2. The van der Waals surface area contributed by atoms with Crippen LogP contribution in [0.15, 0.2) is 12.7 Å². The third-order valence-corrected chi connectivity index (χ3v) is 4.66. The minimum atomic E-state index is -0.116. The van der Waals surface area contributed by atoms with Gasteiger partial charge in [0, 0.05) is 25.2 Å². The van der Waals surface area contributed by atoms with Crippen molar-refractivity contribution in [3.05, 3.63) is 12.7 Å². The van der Waals surface area contributed by atoms with Crippen LogP contribution in [0.25, 0.3) is 0 Å². The Morgan fingerprint density at radius 2 is 2.00 bits per heavy atom. The first-order chi connectivity index (χ1) is 6.93. The normalized spacial score (nSPS) is 44.5. The Balaban J connectivity index is 2.39. The molecular formula is C13H18O2. The molecule has 2 heteroatoms. The van der Waals surface area contributed by atoms with Crippen LogP contribution in [0.1, 0.15) is 39.5 Å². The first-order valence-corrected chi connectivity index (χ1v) is 5.58. The van der Waals surface area contributed by atoms with E-state index in [9.17, 15) is 9.59 Å². The molecular weight excluding hydrogens is 188 g/mol. The lowest BCUT2D eigenvalue weighted by molar-refractivity contribution is -0.123. The van der Waals surface area contributed by atoms with E-state index in [1.165, 1.54) is 0 Å². The monoisotopic (exact) mass is 206 g/mol. The number of carbonyl (C=O) groups is 2. The smallest absolute Gasteiger partial charge is 0.137 e. The highest BCUT2D eigenvalue weighted by Gasteiger charge is 2.62. The summed E-state index contributed by atoms with van der Waals surface area (Å²) >= 11 is 0. The average molecular weight is 206 g/mol. The van der Waals surface area contributed by atoms with Crippen molar-refractivity contribution in [2.24, 2.45) is 16.7 Å². The number of ketones is 2. The molecule has 2 aliphatic rings. The molecule has 0 aromatic rings. The largest absolute Gasteiger partial charge is 0.300 e. The molecule has 0 aliphatic heterocycles. The average Bonchev–Trinajstić information content (AvgIpc) is 2.40. The molecule has 3 atom stereocenters. The molecule has 15 heavy (non-hydrogen) atoms. The van der Waals surface area contributed by atoms with Crippen molar-refractivity contribution >= 4 is 11.6 Å². The van der Waals surface area contributed by atoms with Crippen LogP contribution in [0.2, 0.25) is 0 Å². The van der Waals surface area contributed by atoms with Gasteiger partial charge in [-0.05, 0) is 17.3 Å². The second kappa shape index (κ2) is 3.03. The summed E-state index contributed by atoms with van der Waals surface area (Å²) in [5.41, 5.74) is -0.204. The second-order valence-corrected chi connectivity index (χ2v) is 5.59. The predicted octanol–water partition coefficient (Wildman–Crippen LogP) is 2.53. The maximum atomic E-state index is 11.9. The SMILES string of the molecule is C=CCC1C(=O)C[C@@]2(C)CC(=O)C[C@@]12C. The van der Waals surface area contributed by atoms with Gasteiger partial charge in [0.05, 0.1) is 0 Å². The standard InChI is InChI=1S/C13H18O2/c1-4-5-10-11(15)8-12(2)6-9(14)7-13(10,12)3/h4,10H,1,5-8H2,2-3H3/t10?,12-,13+/m1/s1. The van der Waals surface area contributed by atoms with Crippen LogP contribution < -0.4 is 0 Å². The summed E-state index contributed by atoms with van der Waals surface area (Å²) in [5.74, 6) is 0.667. The summed E-state index contributed by atoms with van der Waals surface area (Å²) in [7, 11) is 0. The summed E-state index contributed by atoms with van der Waals surface area (Å²) in [4.78, 5) is 23.5. The van der Waals surface area contributed by atoms with Gasteiger partial charge in [-0.15, -0.1) is 6.58 Å². The number of allylic oxidation sites excluding steroid dienone is 1. The van der Waals surface area contributed by atoms with Gasteiger partial charge in [-0.3, -0.25) is 9.59 Å². The summed E-state index contributed by atoms with van der Waals surface area (Å²) in [6, 6.07) is 0. The minimum absolute atomic E-state index is 0.0199. The number of carbonyl (C=O) groups excluding carboxylic acids is 2. The maximum absolute atomic E-state index is 11.9. The van der Waals surface area contributed by atoms with E-state index in [1.807, 2.05) is 6.08 Å². The lowest BCUT2D eigenvalue weighted by Crippen LogP contribution is -2.32. The third-order valence-electron chi connectivity index (χ3n) is 4.66. The summed E-state index contributed by atoms with van der Waals surface area (Å²) in [6.07, 6.45) is 4.27. The van der Waals surface area contributed by atoms with Gasteiger partial charge in [0.25, 0.3) is 0 Å². The van der Waals surface area contributed by atoms with Crippen LogP contribution in [0.4, 0.5) is 0 Å². The molecule has 0 saturated heterocycles. The molecule has 1 unspecified atom stereocenters. The Morgan fingerprint density at radius 1 is 1.33 bits per heavy atom. The second-order valence-electron chi connectivity index (χ2n) is 5.59. The van der Waals surface area contributed by atoms with Crippen molar-refractivity contribution in [3.63, 3.8) is 0 Å². The van der Waals surface area contributed by atoms with Crippen molar-refractivity contribution < 1.29 is 9.59 Å². The van der Waals surface area contributed by atoms with Crippen LogP contribution in [-0.4, -0.2) is 11.6 Å². The van der Waals surface area contributed by atoms with Crippen LogP contribution in [0.5, 0.6) is 0 Å². The van der Waals surface area contributed by atoms with Crippen LogP contribution >= 0.6 is 0 Å². The Bertz CT molecular complexity index is 344. The van der Waals surface area contributed by atoms with Gasteiger partial charge in [0.15, 0.2) is 0 Å².